The Morgan fingerprint density at radius 2 is 1.77 bits per heavy atom. The van der Waals surface area contributed by atoms with Gasteiger partial charge in [0.25, 0.3) is 0 Å². The van der Waals surface area contributed by atoms with Gasteiger partial charge in [-0.2, -0.15) is 5.10 Å². The average Bonchev–Trinajstić information content (AvgIpc) is 3.59. The van der Waals surface area contributed by atoms with Crippen LogP contribution < -0.4 is 20.1 Å². The number of benzene rings is 2. The number of carbonyl (C=O) groups is 2. The number of ketones is 1. The molecule has 3 aromatic heterocycles. The molecule has 3 heterocycles. The van der Waals surface area contributed by atoms with Crippen LogP contribution >= 0.6 is 0 Å². The van der Waals surface area contributed by atoms with Gasteiger partial charge in [0.15, 0.2) is 5.78 Å². The van der Waals surface area contributed by atoms with Crippen LogP contribution in [0, 0.1) is 0 Å². The quantitative estimate of drug-likeness (QED) is 0.182. The van der Waals surface area contributed by atoms with Crippen molar-refractivity contribution in [2.45, 2.75) is 0 Å². The van der Waals surface area contributed by atoms with Crippen LogP contribution in [-0.4, -0.2) is 45.7 Å². The summed E-state index contributed by atoms with van der Waals surface area (Å²) in [6.45, 7) is 3.54. The zero-order valence-corrected chi connectivity index (χ0v) is 21.6. The van der Waals surface area contributed by atoms with Crippen LogP contribution in [0.5, 0.6) is 11.5 Å². The Balaban J connectivity index is 1.45. The number of pyridine rings is 1. The van der Waals surface area contributed by atoms with Gasteiger partial charge in [-0.15, -0.1) is 0 Å². The van der Waals surface area contributed by atoms with Crippen molar-refractivity contribution in [2.24, 2.45) is 7.05 Å². The van der Waals surface area contributed by atoms with Crippen LogP contribution in [0.1, 0.15) is 15.9 Å². The van der Waals surface area contributed by atoms with Gasteiger partial charge < -0.3 is 25.1 Å². The van der Waals surface area contributed by atoms with Crippen LogP contribution in [0.4, 0.5) is 17.2 Å². The maximum absolute atomic E-state index is 13.3. The van der Waals surface area contributed by atoms with Crippen molar-refractivity contribution in [3.8, 4) is 22.6 Å². The maximum Gasteiger partial charge on any atom is 0.247 e. The maximum atomic E-state index is 13.3. The van der Waals surface area contributed by atoms with Crippen LogP contribution in [0.3, 0.4) is 0 Å². The fraction of sp³-hybridized carbons (Fsp3) is 0.103. The van der Waals surface area contributed by atoms with Gasteiger partial charge in [0.2, 0.25) is 5.91 Å². The van der Waals surface area contributed by atoms with Crippen molar-refractivity contribution in [3.05, 3.63) is 90.9 Å². The highest BCUT2D eigenvalue weighted by Gasteiger charge is 2.18. The number of hydrogen-bond donors (Lipinski definition) is 3. The third-order valence-corrected chi connectivity index (χ3v) is 6.16. The molecule has 1 amide bonds. The van der Waals surface area contributed by atoms with Crippen molar-refractivity contribution in [1.82, 2.24) is 19.7 Å². The molecule has 0 aliphatic carbocycles. The molecular formula is C29H26N6O4. The number of ether oxygens (including phenoxy) is 2. The summed E-state index contributed by atoms with van der Waals surface area (Å²) in [7, 11) is 4.91. The van der Waals surface area contributed by atoms with E-state index in [1.165, 1.54) is 20.3 Å². The van der Waals surface area contributed by atoms with Crippen LogP contribution in [0.2, 0.25) is 0 Å². The molecule has 0 saturated carbocycles. The first-order valence-electron chi connectivity index (χ1n) is 12.0. The summed E-state index contributed by atoms with van der Waals surface area (Å²) in [5.74, 6) is 1.04. The number of anilines is 3. The van der Waals surface area contributed by atoms with Crippen molar-refractivity contribution < 1.29 is 19.1 Å². The van der Waals surface area contributed by atoms with Gasteiger partial charge in [-0.25, -0.2) is 4.98 Å². The smallest absolute Gasteiger partial charge is 0.247 e. The molecule has 0 fully saturated rings. The molecule has 10 heteroatoms. The number of H-pyrrole nitrogens is 1. The summed E-state index contributed by atoms with van der Waals surface area (Å²) >= 11 is 0. The SMILES string of the molecule is C=CC(=O)Nc1cc(-c2cnn(C)c2)ccc1Nc1ccc2c(C(=O)c3cc(OC)cc(OC)c3)c[nH]c2n1. The summed E-state index contributed by atoms with van der Waals surface area (Å²) in [6.07, 6.45) is 6.49. The Labute approximate surface area is 224 Å². The fourth-order valence-corrected chi connectivity index (χ4v) is 4.18. The lowest BCUT2D eigenvalue weighted by Gasteiger charge is -2.14. The summed E-state index contributed by atoms with van der Waals surface area (Å²) < 4.78 is 12.3. The topological polar surface area (TPSA) is 123 Å². The lowest BCUT2D eigenvalue weighted by molar-refractivity contribution is -0.111. The normalized spacial score (nSPS) is 10.7. The molecule has 10 nitrogen and oxygen atoms in total. The highest BCUT2D eigenvalue weighted by molar-refractivity contribution is 6.16. The van der Waals surface area contributed by atoms with Gasteiger partial charge >= 0.3 is 0 Å². The number of methoxy groups -OCH3 is 2. The summed E-state index contributed by atoms with van der Waals surface area (Å²) in [5.41, 5.74) is 4.42. The predicted molar refractivity (Wildman–Crippen MR) is 150 cm³/mol. The van der Waals surface area contributed by atoms with Gasteiger partial charge in [0.05, 0.1) is 31.8 Å². The molecule has 196 valence electrons. The molecule has 0 atom stereocenters. The predicted octanol–water partition coefficient (Wildman–Crippen LogP) is 5.08. The Morgan fingerprint density at radius 3 is 2.44 bits per heavy atom. The van der Waals surface area contributed by atoms with Crippen LogP contribution in [0.15, 0.2) is 79.8 Å². The Morgan fingerprint density at radius 1 is 1.00 bits per heavy atom. The number of aromatic amines is 1. The van der Waals surface area contributed by atoms with Gasteiger partial charge in [-0.3, -0.25) is 14.3 Å². The van der Waals surface area contributed by atoms with Gasteiger partial charge in [0.1, 0.15) is 23.0 Å². The van der Waals surface area contributed by atoms with Gasteiger partial charge in [-0.05, 0) is 48.0 Å². The van der Waals surface area contributed by atoms with E-state index in [1.54, 1.807) is 41.3 Å². The van der Waals surface area contributed by atoms with Crippen molar-refractivity contribution in [3.63, 3.8) is 0 Å². The fourth-order valence-electron chi connectivity index (χ4n) is 4.18. The van der Waals surface area contributed by atoms with Gasteiger partial charge in [0, 0.05) is 47.6 Å². The second kappa shape index (κ2) is 10.5. The third kappa shape index (κ3) is 5.21. The number of nitrogens with one attached hydrogen (secondary N) is 3. The Hall–Kier alpha value is -5.38. The number of aryl methyl sites for hydroxylation is 1. The molecule has 0 unspecified atom stereocenters. The highest BCUT2D eigenvalue weighted by Crippen LogP contribution is 2.32. The monoisotopic (exact) mass is 522 g/mol. The van der Waals surface area contributed by atoms with E-state index in [9.17, 15) is 9.59 Å². The van der Waals surface area contributed by atoms with E-state index in [4.69, 9.17) is 9.47 Å². The third-order valence-electron chi connectivity index (χ3n) is 6.16. The molecular weight excluding hydrogens is 496 g/mol. The Bertz CT molecular complexity index is 1700. The minimum atomic E-state index is -0.341. The zero-order chi connectivity index (χ0) is 27.5. The largest absolute Gasteiger partial charge is 0.497 e. The molecule has 0 radical (unpaired) electrons. The molecule has 2 aromatic carbocycles. The first-order valence-corrected chi connectivity index (χ1v) is 12.0. The van der Waals surface area contributed by atoms with Crippen LogP contribution in [0.25, 0.3) is 22.2 Å². The minimum Gasteiger partial charge on any atom is -0.497 e. The first-order chi connectivity index (χ1) is 18.9. The summed E-state index contributed by atoms with van der Waals surface area (Å²) in [5, 5.41) is 11.0. The van der Waals surface area contributed by atoms with Crippen molar-refractivity contribution in [2.75, 3.05) is 24.9 Å². The summed E-state index contributed by atoms with van der Waals surface area (Å²) in [4.78, 5) is 33.2. The second-order valence-electron chi connectivity index (χ2n) is 8.71. The number of rotatable bonds is 9. The van der Waals surface area contributed by atoms with E-state index in [0.717, 1.165) is 11.1 Å². The Kier molecular flexibility index (Phi) is 6.83. The minimum absolute atomic E-state index is 0.193. The van der Waals surface area contributed by atoms with E-state index in [1.807, 2.05) is 37.5 Å². The van der Waals surface area contributed by atoms with E-state index in [-0.39, 0.29) is 11.7 Å². The molecule has 0 saturated heterocycles. The molecule has 0 bridgehead atoms. The number of nitrogens with zero attached hydrogens (tertiary/aromatic N) is 3. The average molecular weight is 523 g/mol. The zero-order valence-electron chi connectivity index (χ0n) is 21.6. The number of aromatic nitrogens is 4. The lowest BCUT2D eigenvalue weighted by atomic mass is 10.0. The number of hydrogen-bond acceptors (Lipinski definition) is 7. The number of carbonyl (C=O) groups excluding carboxylic acids is 2. The molecule has 39 heavy (non-hydrogen) atoms. The molecule has 0 aliphatic heterocycles. The molecule has 5 aromatic rings. The molecule has 3 N–H and O–H groups in total. The van der Waals surface area contributed by atoms with Gasteiger partial charge in [-0.1, -0.05) is 12.6 Å². The number of fused-ring (bicyclic) bond motifs is 1. The second-order valence-corrected chi connectivity index (χ2v) is 8.71. The summed E-state index contributed by atoms with van der Waals surface area (Å²) in [6, 6.07) is 14.3. The van der Waals surface area contributed by atoms with E-state index < -0.39 is 0 Å². The first kappa shape index (κ1) is 25.3. The molecule has 5 rings (SSSR count). The number of amides is 1. The van der Waals surface area contributed by atoms with Crippen LogP contribution in [-0.2, 0) is 11.8 Å². The molecule has 0 aliphatic rings. The molecule has 0 spiro atoms. The standard InChI is InChI=1S/C29H26N6O4/c1-5-27(36)33-25-12-17(19-14-31-35(2)16-19)6-8-24(25)32-26-9-7-22-23(15-30-29(22)34-26)28(37)18-10-20(38-3)13-21(11-18)39-4/h5-16H,1H2,2-4H3,(H,33,36)(H2,30,32,34). The van der Waals surface area contributed by atoms with E-state index in [2.05, 4.69) is 32.3 Å². The van der Waals surface area contributed by atoms with E-state index in [0.29, 0.717) is 50.9 Å². The van der Waals surface area contributed by atoms with Crippen molar-refractivity contribution in [1.29, 1.82) is 0 Å². The van der Waals surface area contributed by atoms with E-state index >= 15 is 0 Å². The van der Waals surface area contributed by atoms with Crippen molar-refractivity contribution >= 4 is 39.9 Å². The lowest BCUT2D eigenvalue weighted by Crippen LogP contribution is -2.09. The highest BCUT2D eigenvalue weighted by atomic mass is 16.5.